The maximum absolute atomic E-state index is 6.33. The van der Waals surface area contributed by atoms with Gasteiger partial charge >= 0.3 is 0 Å². The fraction of sp³-hybridized carbons (Fsp3) is 0.154. The highest BCUT2D eigenvalue weighted by Gasteiger charge is 2.26. The minimum atomic E-state index is -0.899. The largest absolute Gasteiger partial charge is 0.265 e. The fourth-order valence-electron chi connectivity index (χ4n) is 1.55. The summed E-state index contributed by atoms with van der Waals surface area (Å²) >= 11 is 12.7. The van der Waals surface area contributed by atoms with Gasteiger partial charge in [-0.3, -0.25) is 4.98 Å². The average molecular weight is 252 g/mol. The lowest BCUT2D eigenvalue weighted by Crippen LogP contribution is -2.14. The lowest BCUT2D eigenvalue weighted by atomic mass is 10.0. The van der Waals surface area contributed by atoms with Crippen molar-refractivity contribution in [3.8, 4) is 0 Å². The van der Waals surface area contributed by atoms with Crippen LogP contribution in [-0.4, -0.2) is 4.98 Å². The molecule has 0 atom stereocenters. The molecule has 0 N–H and O–H groups in total. The third kappa shape index (κ3) is 2.75. The minimum absolute atomic E-state index is 0.584. The van der Waals surface area contributed by atoms with Gasteiger partial charge < -0.3 is 0 Å². The lowest BCUT2D eigenvalue weighted by molar-refractivity contribution is 0.834. The van der Waals surface area contributed by atoms with E-state index in [1.807, 2.05) is 42.5 Å². The van der Waals surface area contributed by atoms with E-state index < -0.39 is 4.33 Å². The molecule has 1 aromatic heterocycles. The second-order valence-electron chi connectivity index (χ2n) is 3.60. The molecule has 0 amide bonds. The minimum Gasteiger partial charge on any atom is -0.265 e. The molecule has 2 aromatic rings. The number of rotatable bonds is 3. The molecule has 0 spiro atoms. The summed E-state index contributed by atoms with van der Waals surface area (Å²) in [6, 6.07) is 13.6. The van der Waals surface area contributed by atoms with E-state index in [0.29, 0.717) is 6.42 Å². The van der Waals surface area contributed by atoms with Crippen molar-refractivity contribution in [3.05, 3.63) is 66.0 Å². The van der Waals surface area contributed by atoms with Crippen molar-refractivity contribution < 1.29 is 0 Å². The van der Waals surface area contributed by atoms with Crippen LogP contribution in [0.15, 0.2) is 54.9 Å². The number of halogens is 2. The van der Waals surface area contributed by atoms with Crippen LogP contribution < -0.4 is 0 Å². The Kier molecular flexibility index (Phi) is 3.47. The predicted octanol–water partition coefficient (Wildman–Crippen LogP) is 3.95. The second kappa shape index (κ2) is 4.86. The molecule has 1 nitrogen and oxygen atoms in total. The summed E-state index contributed by atoms with van der Waals surface area (Å²) in [5, 5.41) is 0. The van der Waals surface area contributed by atoms with E-state index in [0.717, 1.165) is 11.1 Å². The summed E-state index contributed by atoms with van der Waals surface area (Å²) in [7, 11) is 0. The molecule has 0 bridgehead atoms. The molecule has 0 radical (unpaired) electrons. The van der Waals surface area contributed by atoms with Gasteiger partial charge in [-0.05, 0) is 23.3 Å². The summed E-state index contributed by atoms with van der Waals surface area (Å²) in [5.41, 5.74) is 1.99. The molecule has 2 rings (SSSR count). The number of nitrogens with zero attached hydrogens (tertiary/aromatic N) is 1. The van der Waals surface area contributed by atoms with Crippen LogP contribution in [0.25, 0.3) is 0 Å². The van der Waals surface area contributed by atoms with Crippen molar-refractivity contribution in [2.24, 2.45) is 0 Å². The molecule has 3 heteroatoms. The molecule has 0 aliphatic rings. The summed E-state index contributed by atoms with van der Waals surface area (Å²) in [4.78, 5) is 3.95. The summed E-state index contributed by atoms with van der Waals surface area (Å²) in [6.07, 6.45) is 3.97. The maximum atomic E-state index is 6.33. The molecule has 0 aliphatic carbocycles. The molecule has 82 valence electrons. The van der Waals surface area contributed by atoms with E-state index in [9.17, 15) is 0 Å². The fourth-order valence-corrected chi connectivity index (χ4v) is 2.11. The van der Waals surface area contributed by atoms with Crippen LogP contribution in [-0.2, 0) is 10.8 Å². The van der Waals surface area contributed by atoms with Gasteiger partial charge in [-0.2, -0.15) is 0 Å². The first-order valence-corrected chi connectivity index (χ1v) is 5.76. The van der Waals surface area contributed by atoms with Gasteiger partial charge in [0.05, 0.1) is 0 Å². The van der Waals surface area contributed by atoms with Gasteiger partial charge in [0.15, 0.2) is 0 Å². The van der Waals surface area contributed by atoms with Crippen LogP contribution in [0.5, 0.6) is 0 Å². The van der Waals surface area contributed by atoms with Crippen molar-refractivity contribution in [1.29, 1.82) is 0 Å². The summed E-state index contributed by atoms with van der Waals surface area (Å²) in [5.74, 6) is 0. The lowest BCUT2D eigenvalue weighted by Gasteiger charge is -2.19. The first-order valence-electron chi connectivity index (χ1n) is 5.01. The van der Waals surface area contributed by atoms with Crippen LogP contribution in [0.4, 0.5) is 0 Å². The number of aromatic nitrogens is 1. The van der Waals surface area contributed by atoms with Crippen LogP contribution in [0.3, 0.4) is 0 Å². The molecule has 0 saturated heterocycles. The van der Waals surface area contributed by atoms with Crippen LogP contribution in [0.2, 0.25) is 0 Å². The highest BCUT2D eigenvalue weighted by atomic mass is 35.5. The third-order valence-corrected chi connectivity index (χ3v) is 3.08. The monoisotopic (exact) mass is 251 g/mol. The van der Waals surface area contributed by atoms with Gasteiger partial charge in [-0.25, -0.2) is 0 Å². The molecule has 16 heavy (non-hydrogen) atoms. The zero-order chi connectivity index (χ0) is 11.4. The summed E-state index contributed by atoms with van der Waals surface area (Å²) < 4.78 is -0.899. The highest BCUT2D eigenvalue weighted by Crippen LogP contribution is 2.36. The van der Waals surface area contributed by atoms with E-state index in [-0.39, 0.29) is 0 Å². The highest BCUT2D eigenvalue weighted by molar-refractivity contribution is 6.48. The number of hydrogen-bond acceptors (Lipinski definition) is 1. The van der Waals surface area contributed by atoms with Crippen molar-refractivity contribution in [3.63, 3.8) is 0 Å². The average Bonchev–Trinajstić information content (AvgIpc) is 2.31. The van der Waals surface area contributed by atoms with E-state index in [1.165, 1.54) is 0 Å². The third-order valence-electron chi connectivity index (χ3n) is 2.37. The topological polar surface area (TPSA) is 12.9 Å². The molecule has 0 unspecified atom stereocenters. The Hall–Kier alpha value is -1.05. The number of benzene rings is 1. The first kappa shape index (κ1) is 11.4. The molecule has 1 heterocycles. The van der Waals surface area contributed by atoms with Crippen LogP contribution >= 0.6 is 23.2 Å². The molecule has 0 saturated carbocycles. The molecule has 1 aromatic carbocycles. The van der Waals surface area contributed by atoms with Gasteiger partial charge in [-0.15, -0.1) is 0 Å². The quantitative estimate of drug-likeness (QED) is 0.753. The van der Waals surface area contributed by atoms with Gasteiger partial charge in [-0.1, -0.05) is 53.5 Å². The molecule has 0 aliphatic heterocycles. The Labute approximate surface area is 105 Å². The van der Waals surface area contributed by atoms with Crippen LogP contribution in [0.1, 0.15) is 11.1 Å². The second-order valence-corrected chi connectivity index (χ2v) is 5.09. The smallest absolute Gasteiger partial charge is 0.147 e. The maximum Gasteiger partial charge on any atom is 0.147 e. The Morgan fingerprint density at radius 2 is 1.56 bits per heavy atom. The van der Waals surface area contributed by atoms with E-state index in [1.54, 1.807) is 12.4 Å². The van der Waals surface area contributed by atoms with Crippen molar-refractivity contribution in [2.75, 3.05) is 0 Å². The standard InChI is InChI=1S/C13H11Cl2N/c14-13(15,12-6-8-16-9-7-12)10-11-4-2-1-3-5-11/h1-9H,10H2. The Morgan fingerprint density at radius 3 is 2.19 bits per heavy atom. The van der Waals surface area contributed by atoms with Gasteiger partial charge in [0, 0.05) is 18.8 Å². The first-order chi connectivity index (χ1) is 7.68. The van der Waals surface area contributed by atoms with Crippen molar-refractivity contribution in [1.82, 2.24) is 4.98 Å². The number of hydrogen-bond donors (Lipinski definition) is 0. The number of pyridine rings is 1. The Bertz CT molecular complexity index is 440. The zero-order valence-electron chi connectivity index (χ0n) is 8.61. The summed E-state index contributed by atoms with van der Waals surface area (Å²) in [6.45, 7) is 0. The van der Waals surface area contributed by atoms with Crippen molar-refractivity contribution >= 4 is 23.2 Å². The van der Waals surface area contributed by atoms with E-state index in [2.05, 4.69) is 4.98 Å². The van der Waals surface area contributed by atoms with E-state index in [4.69, 9.17) is 23.2 Å². The normalized spacial score (nSPS) is 11.4. The van der Waals surface area contributed by atoms with Crippen LogP contribution in [0, 0.1) is 0 Å². The molecular weight excluding hydrogens is 241 g/mol. The predicted molar refractivity (Wildman–Crippen MR) is 67.8 cm³/mol. The van der Waals surface area contributed by atoms with Gasteiger partial charge in [0.25, 0.3) is 0 Å². The molecular formula is C13H11Cl2N. The SMILES string of the molecule is ClC(Cl)(Cc1ccccc1)c1ccncc1. The number of alkyl halides is 2. The Balaban J connectivity index is 2.21. The zero-order valence-corrected chi connectivity index (χ0v) is 10.1. The van der Waals surface area contributed by atoms with Gasteiger partial charge in [0.1, 0.15) is 4.33 Å². The van der Waals surface area contributed by atoms with Gasteiger partial charge in [0.2, 0.25) is 0 Å². The van der Waals surface area contributed by atoms with E-state index >= 15 is 0 Å². The molecule has 0 fully saturated rings. The Morgan fingerprint density at radius 1 is 0.938 bits per heavy atom. The van der Waals surface area contributed by atoms with Crippen molar-refractivity contribution in [2.45, 2.75) is 10.8 Å².